The van der Waals surface area contributed by atoms with Crippen LogP contribution in [0.15, 0.2) is 42.5 Å². The minimum atomic E-state index is -0.797. The van der Waals surface area contributed by atoms with Crippen molar-refractivity contribution in [1.82, 2.24) is 0 Å². The molecule has 0 fully saturated rings. The van der Waals surface area contributed by atoms with Crippen LogP contribution in [0, 0.1) is 6.92 Å². The number of carbonyl (C=O) groups excluding carboxylic acids is 2. The predicted octanol–water partition coefficient (Wildman–Crippen LogP) is 3.88. The molecular weight excluding hydrogens is 311 g/mol. The molecule has 2 rings (SSSR count). The van der Waals surface area contributed by atoms with Gasteiger partial charge in [0.1, 0.15) is 0 Å². The minimum Gasteiger partial charge on any atom is -0.318 e. The third kappa shape index (κ3) is 4.48. The molecule has 2 amide bonds. The van der Waals surface area contributed by atoms with Crippen molar-refractivity contribution in [2.45, 2.75) is 6.92 Å². The monoisotopic (exact) mass is 322 g/mol. The third-order valence-corrected chi connectivity index (χ3v) is 3.07. The molecule has 0 saturated heterocycles. The summed E-state index contributed by atoms with van der Waals surface area (Å²) in [6.45, 7) is 1.93. The third-order valence-electron chi connectivity index (χ3n) is 2.64. The van der Waals surface area contributed by atoms with Crippen LogP contribution in [0.25, 0.3) is 0 Å². The maximum Gasteiger partial charge on any atom is 0.314 e. The van der Waals surface area contributed by atoms with E-state index < -0.39 is 11.8 Å². The molecule has 2 N–H and O–H groups in total. The summed E-state index contributed by atoms with van der Waals surface area (Å²) in [6, 6.07) is 11.7. The van der Waals surface area contributed by atoms with E-state index in [4.69, 9.17) is 23.2 Å². The number of aryl methyl sites for hydroxylation is 1. The number of anilines is 2. The minimum absolute atomic E-state index is 0.358. The summed E-state index contributed by atoms with van der Waals surface area (Å²) in [6.07, 6.45) is 0. The van der Waals surface area contributed by atoms with Crippen molar-refractivity contribution in [2.75, 3.05) is 10.6 Å². The number of amides is 2. The Kier molecular flexibility index (Phi) is 4.83. The molecule has 0 aliphatic heterocycles. The van der Waals surface area contributed by atoms with E-state index in [2.05, 4.69) is 10.6 Å². The number of benzene rings is 2. The molecule has 108 valence electrons. The number of hydrogen-bond acceptors (Lipinski definition) is 2. The van der Waals surface area contributed by atoms with E-state index in [1.54, 1.807) is 12.1 Å². The van der Waals surface area contributed by atoms with Gasteiger partial charge in [0.25, 0.3) is 0 Å². The Balaban J connectivity index is 2.02. The van der Waals surface area contributed by atoms with Gasteiger partial charge in [0.05, 0.1) is 0 Å². The number of nitrogens with one attached hydrogen (secondary N) is 2. The highest BCUT2D eigenvalue weighted by atomic mass is 35.5. The average molecular weight is 323 g/mol. The van der Waals surface area contributed by atoms with Crippen molar-refractivity contribution in [3.8, 4) is 0 Å². The lowest BCUT2D eigenvalue weighted by Crippen LogP contribution is -2.29. The van der Waals surface area contributed by atoms with Gasteiger partial charge in [-0.3, -0.25) is 9.59 Å². The van der Waals surface area contributed by atoms with Crippen LogP contribution in [-0.2, 0) is 9.59 Å². The van der Waals surface area contributed by atoms with Gasteiger partial charge in [-0.15, -0.1) is 0 Å². The molecule has 0 aromatic heterocycles. The van der Waals surface area contributed by atoms with Gasteiger partial charge < -0.3 is 10.6 Å². The molecule has 0 aliphatic carbocycles. The van der Waals surface area contributed by atoms with Crippen molar-refractivity contribution in [1.29, 1.82) is 0 Å². The van der Waals surface area contributed by atoms with Crippen LogP contribution >= 0.6 is 23.2 Å². The van der Waals surface area contributed by atoms with Gasteiger partial charge in [-0.05, 0) is 37.3 Å². The standard InChI is InChI=1S/C15H12Cl2N2O2/c1-9-2-4-12(5-3-9)18-14(20)15(21)19-13-7-10(16)6-11(17)8-13/h2-8H,1H3,(H,18,20)(H,19,21). The first-order chi connectivity index (χ1) is 9.94. The van der Waals surface area contributed by atoms with E-state index in [1.165, 1.54) is 18.2 Å². The van der Waals surface area contributed by atoms with Gasteiger partial charge in [-0.1, -0.05) is 40.9 Å². The highest BCUT2D eigenvalue weighted by molar-refractivity contribution is 6.44. The molecule has 0 aliphatic rings. The van der Waals surface area contributed by atoms with Crippen LogP contribution in [0.3, 0.4) is 0 Å². The molecule has 0 radical (unpaired) electrons. The van der Waals surface area contributed by atoms with Crippen LogP contribution in [0.4, 0.5) is 11.4 Å². The fourth-order valence-corrected chi connectivity index (χ4v) is 2.16. The second-order valence-corrected chi connectivity index (χ2v) is 5.31. The SMILES string of the molecule is Cc1ccc(NC(=O)C(=O)Nc2cc(Cl)cc(Cl)c2)cc1. The Bertz CT molecular complexity index is 664. The first kappa shape index (κ1) is 15.4. The zero-order chi connectivity index (χ0) is 15.4. The first-order valence-electron chi connectivity index (χ1n) is 6.09. The molecule has 6 heteroatoms. The fourth-order valence-electron chi connectivity index (χ4n) is 1.64. The van der Waals surface area contributed by atoms with Gasteiger partial charge in [0.2, 0.25) is 0 Å². The number of halogens is 2. The molecule has 21 heavy (non-hydrogen) atoms. The summed E-state index contributed by atoms with van der Waals surface area (Å²) in [5.41, 5.74) is 1.97. The van der Waals surface area contributed by atoms with Gasteiger partial charge in [-0.2, -0.15) is 0 Å². The quantitative estimate of drug-likeness (QED) is 0.824. The molecule has 0 spiro atoms. The lowest BCUT2D eigenvalue weighted by atomic mass is 10.2. The average Bonchev–Trinajstić information content (AvgIpc) is 2.40. The van der Waals surface area contributed by atoms with Crippen LogP contribution in [0.5, 0.6) is 0 Å². The van der Waals surface area contributed by atoms with Gasteiger partial charge in [0.15, 0.2) is 0 Å². The van der Waals surface area contributed by atoms with Crippen molar-refractivity contribution >= 4 is 46.4 Å². The zero-order valence-corrected chi connectivity index (χ0v) is 12.6. The smallest absolute Gasteiger partial charge is 0.314 e. The van der Waals surface area contributed by atoms with E-state index >= 15 is 0 Å². The van der Waals surface area contributed by atoms with Gasteiger partial charge in [-0.25, -0.2) is 0 Å². The summed E-state index contributed by atoms with van der Waals surface area (Å²) in [5.74, 6) is -1.57. The Labute approximate surface area is 132 Å². The van der Waals surface area contributed by atoms with E-state index in [0.717, 1.165) is 5.56 Å². The van der Waals surface area contributed by atoms with Crippen LogP contribution in [0.2, 0.25) is 10.0 Å². The molecule has 0 saturated carbocycles. The maximum atomic E-state index is 11.8. The first-order valence-corrected chi connectivity index (χ1v) is 6.85. The molecule has 4 nitrogen and oxygen atoms in total. The lowest BCUT2D eigenvalue weighted by Gasteiger charge is -2.07. The second kappa shape index (κ2) is 6.61. The van der Waals surface area contributed by atoms with Crippen molar-refractivity contribution in [2.24, 2.45) is 0 Å². The Morgan fingerprint density at radius 3 is 1.81 bits per heavy atom. The van der Waals surface area contributed by atoms with Crippen LogP contribution in [-0.4, -0.2) is 11.8 Å². The predicted molar refractivity (Wildman–Crippen MR) is 84.9 cm³/mol. The zero-order valence-electron chi connectivity index (χ0n) is 11.1. The number of rotatable bonds is 2. The van der Waals surface area contributed by atoms with E-state index in [1.807, 2.05) is 19.1 Å². The molecule has 0 atom stereocenters. The van der Waals surface area contributed by atoms with E-state index in [9.17, 15) is 9.59 Å². The van der Waals surface area contributed by atoms with Crippen molar-refractivity contribution < 1.29 is 9.59 Å². The van der Waals surface area contributed by atoms with E-state index in [-0.39, 0.29) is 0 Å². The molecular formula is C15H12Cl2N2O2. The summed E-state index contributed by atoms with van der Waals surface area (Å²) in [4.78, 5) is 23.6. The lowest BCUT2D eigenvalue weighted by molar-refractivity contribution is -0.132. The topological polar surface area (TPSA) is 58.2 Å². The molecule has 0 unspecified atom stereocenters. The highest BCUT2D eigenvalue weighted by Gasteiger charge is 2.14. The van der Waals surface area contributed by atoms with E-state index in [0.29, 0.717) is 21.4 Å². The molecule has 0 heterocycles. The summed E-state index contributed by atoms with van der Waals surface area (Å²) in [7, 11) is 0. The Morgan fingerprint density at radius 1 is 0.810 bits per heavy atom. The summed E-state index contributed by atoms with van der Waals surface area (Å²) < 4.78 is 0. The second-order valence-electron chi connectivity index (χ2n) is 4.43. The van der Waals surface area contributed by atoms with Crippen molar-refractivity contribution in [3.63, 3.8) is 0 Å². The normalized spacial score (nSPS) is 10.0. The summed E-state index contributed by atoms with van der Waals surface area (Å²) >= 11 is 11.6. The van der Waals surface area contributed by atoms with Gasteiger partial charge >= 0.3 is 11.8 Å². The molecule has 0 bridgehead atoms. The number of hydrogen-bond donors (Lipinski definition) is 2. The highest BCUT2D eigenvalue weighted by Crippen LogP contribution is 2.22. The Hall–Kier alpha value is -2.04. The largest absolute Gasteiger partial charge is 0.318 e. The van der Waals surface area contributed by atoms with Gasteiger partial charge in [0, 0.05) is 21.4 Å². The van der Waals surface area contributed by atoms with Crippen LogP contribution < -0.4 is 10.6 Å². The molecule has 2 aromatic rings. The summed E-state index contributed by atoms with van der Waals surface area (Å²) in [5, 5.41) is 5.68. The fraction of sp³-hybridized carbons (Fsp3) is 0.0667. The maximum absolute atomic E-state index is 11.8. The van der Waals surface area contributed by atoms with Crippen molar-refractivity contribution in [3.05, 3.63) is 58.1 Å². The molecule has 2 aromatic carbocycles. The number of carbonyl (C=O) groups is 2. The Morgan fingerprint density at radius 2 is 1.29 bits per heavy atom. The van der Waals surface area contributed by atoms with Crippen LogP contribution in [0.1, 0.15) is 5.56 Å².